The zero-order chi connectivity index (χ0) is 12.6. The molecule has 0 spiro atoms. The van der Waals surface area contributed by atoms with Gasteiger partial charge in [-0.25, -0.2) is 4.79 Å². The fourth-order valence-electron chi connectivity index (χ4n) is 1.85. The first-order chi connectivity index (χ1) is 8.02. The minimum absolute atomic E-state index is 0. The van der Waals surface area contributed by atoms with Gasteiger partial charge in [0.05, 0.1) is 12.7 Å². The highest BCUT2D eigenvalue weighted by Gasteiger charge is 2.34. The Labute approximate surface area is 106 Å². The molecule has 4 atom stereocenters. The fraction of sp³-hybridized carbons (Fsp3) is 0.600. The van der Waals surface area contributed by atoms with Gasteiger partial charge in [-0.1, -0.05) is 0 Å². The van der Waals surface area contributed by atoms with Gasteiger partial charge in [-0.05, 0) is 6.92 Å². The largest absolute Gasteiger partial charge is 0.394 e. The fourth-order valence-corrected chi connectivity index (χ4v) is 1.85. The van der Waals surface area contributed by atoms with E-state index in [0.29, 0.717) is 5.56 Å². The summed E-state index contributed by atoms with van der Waals surface area (Å²) in [6.45, 7) is 1.26. The summed E-state index contributed by atoms with van der Waals surface area (Å²) in [5.41, 5.74) is -0.643. The molecule has 0 saturated carbocycles. The molecule has 0 radical (unpaired) electrons. The lowest BCUT2D eigenvalue weighted by atomic mass is 10.2. The summed E-state index contributed by atoms with van der Waals surface area (Å²) in [6.07, 6.45) is -0.581. The van der Waals surface area contributed by atoms with Crippen LogP contribution >= 0.6 is 9.90 Å². The molecule has 0 aliphatic carbocycles. The molecule has 8 heteroatoms. The van der Waals surface area contributed by atoms with Crippen molar-refractivity contribution in [3.05, 3.63) is 32.6 Å². The number of nitrogens with one attached hydrogen (secondary N) is 1. The maximum atomic E-state index is 11.6. The van der Waals surface area contributed by atoms with Crippen molar-refractivity contribution in [3.8, 4) is 0 Å². The SMILES string of the molecule is Cc1cn([C@H]2C[C@H](O)[C@@H](CO)O2)c(=O)[nH]c1=O.P. The molecule has 1 saturated heterocycles. The topological polar surface area (TPSA) is 105 Å². The minimum atomic E-state index is -0.816. The van der Waals surface area contributed by atoms with Crippen molar-refractivity contribution < 1.29 is 14.9 Å². The van der Waals surface area contributed by atoms with Crippen LogP contribution < -0.4 is 11.2 Å². The van der Waals surface area contributed by atoms with Crippen molar-refractivity contribution in [1.82, 2.24) is 9.55 Å². The molecule has 0 aromatic carbocycles. The zero-order valence-electron chi connectivity index (χ0n) is 10.00. The van der Waals surface area contributed by atoms with Crippen LogP contribution in [0.3, 0.4) is 0 Å². The van der Waals surface area contributed by atoms with Gasteiger partial charge in [0.15, 0.2) is 0 Å². The smallest absolute Gasteiger partial charge is 0.330 e. The molecule has 1 fully saturated rings. The number of hydrogen-bond donors (Lipinski definition) is 3. The van der Waals surface area contributed by atoms with Gasteiger partial charge in [-0.2, -0.15) is 9.90 Å². The molecule has 2 heterocycles. The average molecular weight is 276 g/mol. The van der Waals surface area contributed by atoms with Crippen LogP contribution in [0.2, 0.25) is 0 Å². The van der Waals surface area contributed by atoms with Crippen LogP contribution in [-0.2, 0) is 4.74 Å². The van der Waals surface area contributed by atoms with Crippen LogP contribution in [0, 0.1) is 6.92 Å². The summed E-state index contributed by atoms with van der Waals surface area (Å²) in [4.78, 5) is 24.9. The number of aromatic amines is 1. The number of H-pyrrole nitrogens is 1. The van der Waals surface area contributed by atoms with Crippen molar-refractivity contribution in [2.45, 2.75) is 31.8 Å². The van der Waals surface area contributed by atoms with Crippen molar-refractivity contribution in [1.29, 1.82) is 0 Å². The second kappa shape index (κ2) is 5.75. The third-order valence-electron chi connectivity index (χ3n) is 2.84. The number of hydrogen-bond acceptors (Lipinski definition) is 5. The standard InChI is InChI=1S/C10H14N2O5.H3P/c1-5-3-12(10(16)11-9(5)15)8-2-6(14)7(4-13)17-8;/h3,6-8,13-14H,2,4H2,1H3,(H,11,15,16);1H3/t6-,7+,8+;/m0./s1. The van der Waals surface area contributed by atoms with Crippen LogP contribution in [0.4, 0.5) is 0 Å². The minimum Gasteiger partial charge on any atom is -0.394 e. The Kier molecular flexibility index (Phi) is 4.81. The van der Waals surface area contributed by atoms with Crippen LogP contribution in [0.1, 0.15) is 18.2 Å². The molecule has 18 heavy (non-hydrogen) atoms. The molecule has 1 aliphatic heterocycles. The van der Waals surface area contributed by atoms with E-state index < -0.39 is 29.7 Å². The van der Waals surface area contributed by atoms with Crippen LogP contribution in [0.5, 0.6) is 0 Å². The molecular weight excluding hydrogens is 259 g/mol. The van der Waals surface area contributed by atoms with E-state index in [-0.39, 0.29) is 22.9 Å². The Morgan fingerprint density at radius 2 is 2.22 bits per heavy atom. The van der Waals surface area contributed by atoms with Gasteiger partial charge in [0.1, 0.15) is 12.3 Å². The van der Waals surface area contributed by atoms with Crippen molar-refractivity contribution in [3.63, 3.8) is 0 Å². The van der Waals surface area contributed by atoms with Crippen LogP contribution in [0.25, 0.3) is 0 Å². The van der Waals surface area contributed by atoms with Crippen molar-refractivity contribution >= 4 is 9.90 Å². The lowest BCUT2D eigenvalue weighted by Crippen LogP contribution is -2.33. The molecule has 2 rings (SSSR count). The lowest BCUT2D eigenvalue weighted by molar-refractivity contribution is -0.0459. The van der Waals surface area contributed by atoms with Gasteiger partial charge in [0, 0.05) is 18.2 Å². The van der Waals surface area contributed by atoms with E-state index in [9.17, 15) is 14.7 Å². The van der Waals surface area contributed by atoms with E-state index in [0.717, 1.165) is 0 Å². The molecule has 1 aromatic heterocycles. The van der Waals surface area contributed by atoms with E-state index in [1.807, 2.05) is 0 Å². The molecule has 102 valence electrons. The summed E-state index contributed by atoms with van der Waals surface area (Å²) in [6, 6.07) is 0. The molecular formula is C10H17N2O5P. The zero-order valence-corrected chi connectivity index (χ0v) is 11.4. The summed E-state index contributed by atoms with van der Waals surface area (Å²) < 4.78 is 6.54. The molecule has 1 aromatic rings. The molecule has 0 bridgehead atoms. The summed E-state index contributed by atoms with van der Waals surface area (Å²) in [5.74, 6) is 0. The number of aromatic nitrogens is 2. The summed E-state index contributed by atoms with van der Waals surface area (Å²) in [7, 11) is 0. The van der Waals surface area contributed by atoms with E-state index in [1.54, 1.807) is 6.92 Å². The van der Waals surface area contributed by atoms with Crippen molar-refractivity contribution in [2.75, 3.05) is 6.61 Å². The van der Waals surface area contributed by atoms with Crippen LogP contribution in [-0.4, -0.2) is 38.6 Å². The Balaban J connectivity index is 0.00000162. The second-order valence-corrected chi connectivity index (χ2v) is 4.09. The highest BCUT2D eigenvalue weighted by Crippen LogP contribution is 2.27. The monoisotopic (exact) mass is 276 g/mol. The second-order valence-electron chi connectivity index (χ2n) is 4.09. The van der Waals surface area contributed by atoms with Gasteiger partial charge < -0.3 is 14.9 Å². The van der Waals surface area contributed by atoms with E-state index in [2.05, 4.69) is 4.98 Å². The number of nitrogens with zero attached hydrogens (tertiary/aromatic N) is 1. The predicted octanol–water partition coefficient (Wildman–Crippen LogP) is -1.46. The normalized spacial score (nSPS) is 26.9. The third-order valence-corrected chi connectivity index (χ3v) is 2.84. The third kappa shape index (κ3) is 2.70. The number of aliphatic hydroxyl groups is 2. The molecule has 0 amide bonds. The average Bonchev–Trinajstić information content (AvgIpc) is 2.65. The first-order valence-corrected chi connectivity index (χ1v) is 5.29. The highest BCUT2D eigenvalue weighted by atomic mass is 31.0. The van der Waals surface area contributed by atoms with Crippen LogP contribution in [0.15, 0.2) is 15.8 Å². The summed E-state index contributed by atoms with van der Waals surface area (Å²) in [5, 5.41) is 18.5. The van der Waals surface area contributed by atoms with E-state index in [1.165, 1.54) is 10.8 Å². The van der Waals surface area contributed by atoms with Gasteiger partial charge in [-0.3, -0.25) is 14.3 Å². The predicted molar refractivity (Wildman–Crippen MR) is 68.8 cm³/mol. The summed E-state index contributed by atoms with van der Waals surface area (Å²) >= 11 is 0. The highest BCUT2D eigenvalue weighted by molar-refractivity contribution is 6.92. The van der Waals surface area contributed by atoms with E-state index >= 15 is 0 Å². The molecule has 1 aliphatic rings. The number of aryl methyl sites for hydroxylation is 1. The molecule has 1 unspecified atom stereocenters. The first-order valence-electron chi connectivity index (χ1n) is 5.29. The Bertz CT molecular complexity index is 526. The van der Waals surface area contributed by atoms with Gasteiger partial charge in [0.25, 0.3) is 5.56 Å². The quantitative estimate of drug-likeness (QED) is 0.573. The number of ether oxygens (including phenoxy) is 1. The van der Waals surface area contributed by atoms with Gasteiger partial charge >= 0.3 is 5.69 Å². The Hall–Kier alpha value is -1.01. The first kappa shape index (κ1) is 15.0. The number of rotatable bonds is 2. The van der Waals surface area contributed by atoms with Gasteiger partial charge in [-0.15, -0.1) is 0 Å². The maximum Gasteiger partial charge on any atom is 0.330 e. The molecule has 3 N–H and O–H groups in total. The van der Waals surface area contributed by atoms with Gasteiger partial charge in [0.2, 0.25) is 0 Å². The Morgan fingerprint density at radius 1 is 1.56 bits per heavy atom. The number of aliphatic hydroxyl groups excluding tert-OH is 2. The Morgan fingerprint density at radius 3 is 2.78 bits per heavy atom. The van der Waals surface area contributed by atoms with Crippen molar-refractivity contribution in [2.24, 2.45) is 0 Å². The van der Waals surface area contributed by atoms with E-state index in [4.69, 9.17) is 9.84 Å². The maximum absolute atomic E-state index is 11.6. The lowest BCUT2D eigenvalue weighted by Gasteiger charge is -2.14. The molecule has 7 nitrogen and oxygen atoms in total.